The van der Waals surface area contributed by atoms with Crippen molar-refractivity contribution in [2.75, 3.05) is 13.2 Å². The minimum Gasteiger partial charge on any atom is -0.466 e. The Hall–Kier alpha value is -1.58. The highest BCUT2D eigenvalue weighted by molar-refractivity contribution is 5.93. The monoisotopic (exact) mass is 365 g/mol. The molecule has 2 rings (SSSR count). The van der Waals surface area contributed by atoms with Gasteiger partial charge < -0.3 is 19.8 Å². The zero-order chi connectivity index (χ0) is 18.9. The summed E-state index contributed by atoms with van der Waals surface area (Å²) in [6, 6.07) is 0. The molecule has 2 fully saturated rings. The fourth-order valence-corrected chi connectivity index (χ4v) is 3.61. The zero-order valence-corrected chi connectivity index (χ0v) is 15.8. The highest BCUT2D eigenvalue weighted by atomic mass is 16.6. The fraction of sp³-hybridized carbons (Fsp3) is 0.800. The molecule has 0 aromatic heterocycles. The molecule has 0 spiro atoms. The maximum absolute atomic E-state index is 11.2. The van der Waals surface area contributed by atoms with Crippen molar-refractivity contribution in [3.63, 3.8) is 0 Å². The van der Waals surface area contributed by atoms with Gasteiger partial charge in [0.25, 0.3) is 0 Å². The van der Waals surface area contributed by atoms with Gasteiger partial charge in [0.2, 0.25) is 0 Å². The number of carbonyl (C=O) groups is 1. The van der Waals surface area contributed by atoms with Crippen molar-refractivity contribution in [1.29, 1.82) is 0 Å². The summed E-state index contributed by atoms with van der Waals surface area (Å²) in [5.74, 6) is 5.94. The molecule has 0 radical (unpaired) electrons. The summed E-state index contributed by atoms with van der Waals surface area (Å²) in [5, 5.41) is 24.4. The van der Waals surface area contributed by atoms with E-state index < -0.39 is 12.2 Å². The van der Waals surface area contributed by atoms with E-state index in [4.69, 9.17) is 9.57 Å². The minimum absolute atomic E-state index is 0.113. The molecule has 0 amide bonds. The van der Waals surface area contributed by atoms with Gasteiger partial charge in [-0.25, -0.2) is 0 Å². The molecular formula is C20H31NO5. The van der Waals surface area contributed by atoms with Gasteiger partial charge in [-0.2, -0.15) is 0 Å². The van der Waals surface area contributed by atoms with Crippen LogP contribution < -0.4 is 0 Å². The second-order valence-corrected chi connectivity index (χ2v) is 7.08. The normalized spacial score (nSPS) is 29.3. The van der Waals surface area contributed by atoms with Crippen LogP contribution in [0.2, 0.25) is 0 Å². The van der Waals surface area contributed by atoms with Crippen molar-refractivity contribution in [3.8, 4) is 11.8 Å². The van der Waals surface area contributed by atoms with Crippen LogP contribution in [-0.2, 0) is 14.4 Å². The highest BCUT2D eigenvalue weighted by Crippen LogP contribution is 2.47. The highest BCUT2D eigenvalue weighted by Gasteiger charge is 2.51. The largest absolute Gasteiger partial charge is 0.466 e. The molecule has 0 aromatic rings. The molecule has 6 nitrogen and oxygen atoms in total. The average molecular weight is 365 g/mol. The third-order valence-electron chi connectivity index (χ3n) is 5.15. The molecule has 6 heteroatoms. The lowest BCUT2D eigenvalue weighted by Crippen LogP contribution is -2.38. The first kappa shape index (κ1) is 20.7. The predicted octanol–water partition coefficient (Wildman–Crippen LogP) is 2.27. The maximum atomic E-state index is 11.2. The number of esters is 1. The second kappa shape index (κ2) is 10.5. The van der Waals surface area contributed by atoms with Crippen LogP contribution in [0.15, 0.2) is 5.16 Å². The quantitative estimate of drug-likeness (QED) is 0.283. The van der Waals surface area contributed by atoms with Crippen LogP contribution in [-0.4, -0.2) is 47.3 Å². The number of hydrogen-bond acceptors (Lipinski definition) is 6. The smallest absolute Gasteiger partial charge is 0.309 e. The molecule has 0 heterocycles. The van der Waals surface area contributed by atoms with Crippen molar-refractivity contribution in [1.82, 2.24) is 0 Å². The van der Waals surface area contributed by atoms with Crippen molar-refractivity contribution in [2.45, 2.75) is 71.0 Å². The topological polar surface area (TPSA) is 88.4 Å². The number of ether oxygens (including phenoxy) is 1. The van der Waals surface area contributed by atoms with Crippen LogP contribution in [0.3, 0.4) is 0 Å². The number of fused-ring (bicyclic) bond motifs is 1. The Labute approximate surface area is 155 Å². The zero-order valence-electron chi connectivity index (χ0n) is 15.8. The van der Waals surface area contributed by atoms with E-state index in [1.807, 2.05) is 0 Å². The Balaban J connectivity index is 1.74. The third kappa shape index (κ3) is 5.72. The fourth-order valence-electron chi connectivity index (χ4n) is 3.61. The van der Waals surface area contributed by atoms with Crippen molar-refractivity contribution < 1.29 is 24.6 Å². The van der Waals surface area contributed by atoms with Gasteiger partial charge in [-0.3, -0.25) is 4.79 Å². The van der Waals surface area contributed by atoms with Gasteiger partial charge in [-0.15, -0.1) is 0 Å². The van der Waals surface area contributed by atoms with Gasteiger partial charge in [0.15, 0.2) is 0 Å². The number of oxime groups is 1. The molecule has 0 aromatic carbocycles. The van der Waals surface area contributed by atoms with Crippen LogP contribution in [0.5, 0.6) is 0 Å². The summed E-state index contributed by atoms with van der Waals surface area (Å²) in [4.78, 5) is 16.4. The number of nitrogens with zero attached hydrogens (tertiary/aromatic N) is 1. The van der Waals surface area contributed by atoms with Gasteiger partial charge in [0, 0.05) is 11.8 Å². The number of unbranched alkanes of at least 4 members (excludes halogenated alkanes) is 2. The van der Waals surface area contributed by atoms with Crippen LogP contribution in [0.4, 0.5) is 0 Å². The standard InChI is InChI=1S/C20H31NO5/c1-3-5-6-7-15(22)9-8-14-12-16-17(20(14)24)13-18(16)21-26-11-10-19(23)25-4-2/h14-17,20,22,24H,3-7,10-13H2,1-2H3. The lowest BCUT2D eigenvalue weighted by Gasteiger charge is -2.33. The molecule has 5 atom stereocenters. The number of aliphatic hydroxyl groups excluding tert-OH is 2. The molecular weight excluding hydrogens is 334 g/mol. The maximum Gasteiger partial charge on any atom is 0.309 e. The second-order valence-electron chi connectivity index (χ2n) is 7.08. The molecule has 0 bridgehead atoms. The van der Waals surface area contributed by atoms with Gasteiger partial charge in [0.1, 0.15) is 12.7 Å². The number of rotatable bonds is 9. The Bertz CT molecular complexity index is 550. The van der Waals surface area contributed by atoms with Crippen LogP contribution in [0.1, 0.15) is 58.8 Å². The Morgan fingerprint density at radius 2 is 2.19 bits per heavy atom. The van der Waals surface area contributed by atoms with Crippen LogP contribution in [0.25, 0.3) is 0 Å². The Morgan fingerprint density at radius 3 is 2.92 bits per heavy atom. The number of carbonyl (C=O) groups excluding carboxylic acids is 1. The summed E-state index contributed by atoms with van der Waals surface area (Å²) in [7, 11) is 0. The molecule has 2 aliphatic carbocycles. The SMILES string of the molecule is CCCCCC(O)C#CC1CC2C(=NOCCC(=O)OCC)CC2C1O. The summed E-state index contributed by atoms with van der Waals surface area (Å²) in [6.45, 7) is 4.46. The predicted molar refractivity (Wildman–Crippen MR) is 98.3 cm³/mol. The van der Waals surface area contributed by atoms with Gasteiger partial charge >= 0.3 is 5.97 Å². The molecule has 26 heavy (non-hydrogen) atoms. The summed E-state index contributed by atoms with van der Waals surface area (Å²) in [5.41, 5.74) is 0.936. The van der Waals surface area contributed by atoms with Crippen LogP contribution in [0, 0.1) is 29.6 Å². The first-order chi connectivity index (χ1) is 12.6. The van der Waals surface area contributed by atoms with Gasteiger partial charge in [-0.05, 0) is 38.5 Å². The van der Waals surface area contributed by atoms with Crippen molar-refractivity contribution in [2.24, 2.45) is 22.9 Å². The Morgan fingerprint density at radius 1 is 1.38 bits per heavy atom. The summed E-state index contributed by atoms with van der Waals surface area (Å²) in [6.07, 6.45) is 4.47. The first-order valence-corrected chi connectivity index (χ1v) is 9.78. The molecule has 2 saturated carbocycles. The van der Waals surface area contributed by atoms with E-state index in [2.05, 4.69) is 23.9 Å². The summed E-state index contributed by atoms with van der Waals surface area (Å²) >= 11 is 0. The number of hydrogen-bond donors (Lipinski definition) is 2. The number of aliphatic hydroxyl groups is 2. The molecule has 146 valence electrons. The minimum atomic E-state index is -0.605. The first-order valence-electron chi connectivity index (χ1n) is 9.78. The van der Waals surface area contributed by atoms with E-state index in [1.165, 1.54) is 0 Å². The van der Waals surface area contributed by atoms with E-state index in [-0.39, 0.29) is 36.8 Å². The molecule has 2 N–H and O–H groups in total. The Kier molecular flexibility index (Phi) is 8.40. The molecule has 0 saturated heterocycles. The summed E-state index contributed by atoms with van der Waals surface area (Å²) < 4.78 is 4.83. The van der Waals surface area contributed by atoms with E-state index >= 15 is 0 Å². The third-order valence-corrected chi connectivity index (χ3v) is 5.15. The van der Waals surface area contributed by atoms with E-state index in [9.17, 15) is 15.0 Å². The van der Waals surface area contributed by atoms with E-state index in [1.54, 1.807) is 6.92 Å². The van der Waals surface area contributed by atoms with Crippen LogP contribution >= 0.6 is 0 Å². The van der Waals surface area contributed by atoms with Crippen molar-refractivity contribution >= 4 is 11.7 Å². The molecule has 0 aliphatic heterocycles. The molecule has 2 aliphatic rings. The lowest BCUT2D eigenvalue weighted by molar-refractivity contribution is -0.144. The average Bonchev–Trinajstić information content (AvgIpc) is 2.84. The lowest BCUT2D eigenvalue weighted by atomic mass is 9.73. The van der Waals surface area contributed by atoms with Crippen molar-refractivity contribution in [3.05, 3.63) is 0 Å². The molecule has 5 unspecified atom stereocenters. The van der Waals surface area contributed by atoms with Gasteiger partial charge in [-0.1, -0.05) is 36.8 Å². The van der Waals surface area contributed by atoms with Gasteiger partial charge in [0.05, 0.1) is 24.8 Å². The van der Waals surface area contributed by atoms with E-state index in [0.717, 1.165) is 31.4 Å². The van der Waals surface area contributed by atoms with E-state index in [0.29, 0.717) is 19.4 Å².